The number of hydrogen-bond acceptors (Lipinski definition) is 5. The van der Waals surface area contributed by atoms with E-state index in [-0.39, 0.29) is 29.4 Å². The number of nitrogens with one attached hydrogen (secondary N) is 1. The lowest BCUT2D eigenvalue weighted by Gasteiger charge is -2.25. The lowest BCUT2D eigenvalue weighted by atomic mass is 10.2. The van der Waals surface area contributed by atoms with Crippen molar-refractivity contribution in [1.82, 2.24) is 13.9 Å². The molecule has 3 aromatic rings. The van der Waals surface area contributed by atoms with Gasteiger partial charge in [0, 0.05) is 26.2 Å². The number of benzene rings is 3. The number of rotatable bonds is 10. The van der Waals surface area contributed by atoms with Crippen LogP contribution in [0.4, 0.5) is 0 Å². The van der Waals surface area contributed by atoms with Gasteiger partial charge in [-0.1, -0.05) is 67.1 Å². The molecule has 1 aliphatic heterocycles. The Morgan fingerprint density at radius 1 is 0.730 bits per heavy atom. The molecule has 37 heavy (non-hydrogen) atoms. The SMILES string of the molecule is O=C(CN(Cc1ccccc1)S(=O)(=O)c1ccccc1)NCc1ccc(S(=O)(=O)N2CCCCC2)cc1. The standard InChI is InChI=1S/C27H31N3O5S2/c31-27(28-20-23-14-16-26(17-15-23)36(32,33)29-18-8-3-9-19-29)22-30(21-24-10-4-1-5-11-24)37(34,35)25-12-6-2-7-13-25/h1-2,4-7,10-17H,3,8-9,18-22H2,(H,28,31). The molecule has 1 fully saturated rings. The Morgan fingerprint density at radius 3 is 1.95 bits per heavy atom. The molecule has 1 heterocycles. The van der Waals surface area contributed by atoms with Gasteiger partial charge in [0.15, 0.2) is 0 Å². The van der Waals surface area contributed by atoms with Crippen LogP contribution in [-0.4, -0.2) is 51.0 Å². The topological polar surface area (TPSA) is 104 Å². The lowest BCUT2D eigenvalue weighted by Crippen LogP contribution is -2.40. The third kappa shape index (κ3) is 6.84. The van der Waals surface area contributed by atoms with Crippen molar-refractivity contribution in [2.75, 3.05) is 19.6 Å². The van der Waals surface area contributed by atoms with Crippen molar-refractivity contribution >= 4 is 26.0 Å². The highest BCUT2D eigenvalue weighted by atomic mass is 32.2. The van der Waals surface area contributed by atoms with Gasteiger partial charge in [-0.2, -0.15) is 8.61 Å². The molecule has 4 rings (SSSR count). The smallest absolute Gasteiger partial charge is 0.243 e. The summed E-state index contributed by atoms with van der Waals surface area (Å²) in [7, 11) is -7.43. The second-order valence-electron chi connectivity index (χ2n) is 8.96. The summed E-state index contributed by atoms with van der Waals surface area (Å²) in [5, 5.41) is 2.76. The van der Waals surface area contributed by atoms with Crippen molar-refractivity contribution in [2.45, 2.75) is 42.1 Å². The van der Waals surface area contributed by atoms with Crippen LogP contribution in [0.2, 0.25) is 0 Å². The number of nitrogens with zero attached hydrogens (tertiary/aromatic N) is 2. The number of amides is 1. The molecule has 0 bridgehead atoms. The van der Waals surface area contributed by atoms with E-state index >= 15 is 0 Å². The minimum atomic E-state index is -3.91. The van der Waals surface area contributed by atoms with Crippen molar-refractivity contribution in [3.63, 3.8) is 0 Å². The Morgan fingerprint density at radius 2 is 1.32 bits per heavy atom. The summed E-state index contributed by atoms with van der Waals surface area (Å²) in [6, 6.07) is 23.6. The molecule has 0 aromatic heterocycles. The first-order valence-electron chi connectivity index (χ1n) is 12.2. The van der Waals surface area contributed by atoms with Gasteiger partial charge in [0.2, 0.25) is 26.0 Å². The Kier molecular flexibility index (Phi) is 8.75. The van der Waals surface area contributed by atoms with E-state index in [1.807, 2.05) is 30.3 Å². The molecule has 0 unspecified atom stereocenters. The maximum Gasteiger partial charge on any atom is 0.243 e. The molecule has 8 nitrogen and oxygen atoms in total. The number of carbonyl (C=O) groups is 1. The summed E-state index contributed by atoms with van der Waals surface area (Å²) >= 11 is 0. The Balaban J connectivity index is 1.42. The van der Waals surface area contributed by atoms with E-state index in [9.17, 15) is 21.6 Å². The lowest BCUT2D eigenvalue weighted by molar-refractivity contribution is -0.121. The van der Waals surface area contributed by atoms with Gasteiger partial charge in [-0.3, -0.25) is 4.79 Å². The van der Waals surface area contributed by atoms with Crippen molar-refractivity contribution in [1.29, 1.82) is 0 Å². The summed E-state index contributed by atoms with van der Waals surface area (Å²) in [4.78, 5) is 13.2. The molecule has 0 aliphatic carbocycles. The number of hydrogen-bond donors (Lipinski definition) is 1. The summed E-state index contributed by atoms with van der Waals surface area (Å²) in [6.45, 7) is 0.909. The quantitative estimate of drug-likeness (QED) is 0.424. The van der Waals surface area contributed by atoms with E-state index in [2.05, 4.69) is 5.32 Å². The molecule has 196 valence electrons. The summed E-state index contributed by atoms with van der Waals surface area (Å²) in [5.74, 6) is -0.458. The van der Waals surface area contributed by atoms with E-state index in [4.69, 9.17) is 0 Å². The van der Waals surface area contributed by atoms with Gasteiger partial charge in [0.25, 0.3) is 0 Å². The third-order valence-electron chi connectivity index (χ3n) is 6.27. The minimum absolute atomic E-state index is 0.0501. The molecular formula is C27H31N3O5S2. The van der Waals surface area contributed by atoms with Crippen LogP contribution in [0.3, 0.4) is 0 Å². The van der Waals surface area contributed by atoms with Crippen molar-refractivity contribution < 1.29 is 21.6 Å². The number of sulfonamides is 2. The van der Waals surface area contributed by atoms with Crippen LogP contribution in [0, 0.1) is 0 Å². The predicted octanol–water partition coefficient (Wildman–Crippen LogP) is 3.37. The van der Waals surface area contributed by atoms with Gasteiger partial charge in [-0.25, -0.2) is 16.8 Å². The largest absolute Gasteiger partial charge is 0.351 e. The average Bonchev–Trinajstić information content (AvgIpc) is 2.93. The van der Waals surface area contributed by atoms with E-state index < -0.39 is 26.0 Å². The van der Waals surface area contributed by atoms with Crippen molar-refractivity contribution in [2.24, 2.45) is 0 Å². The van der Waals surface area contributed by atoms with Gasteiger partial charge < -0.3 is 5.32 Å². The zero-order valence-electron chi connectivity index (χ0n) is 20.5. The van der Waals surface area contributed by atoms with Crippen LogP contribution in [0.15, 0.2) is 94.7 Å². The van der Waals surface area contributed by atoms with Crippen LogP contribution in [0.25, 0.3) is 0 Å². The van der Waals surface area contributed by atoms with Gasteiger partial charge in [0.1, 0.15) is 0 Å². The molecule has 1 N–H and O–H groups in total. The summed E-state index contributed by atoms with van der Waals surface area (Å²) < 4.78 is 54.9. The van der Waals surface area contributed by atoms with E-state index in [1.165, 1.54) is 16.4 Å². The Bertz CT molecular complexity index is 1390. The normalized spacial score (nSPS) is 14.9. The van der Waals surface area contributed by atoms with Crippen LogP contribution < -0.4 is 5.32 Å². The monoisotopic (exact) mass is 541 g/mol. The molecule has 3 aromatic carbocycles. The molecule has 1 saturated heterocycles. The van der Waals surface area contributed by atoms with Crippen LogP contribution in [0.1, 0.15) is 30.4 Å². The highest BCUT2D eigenvalue weighted by molar-refractivity contribution is 7.89. The zero-order valence-corrected chi connectivity index (χ0v) is 22.1. The molecule has 0 spiro atoms. The predicted molar refractivity (Wildman–Crippen MR) is 141 cm³/mol. The highest BCUT2D eigenvalue weighted by Crippen LogP contribution is 2.21. The Hall–Kier alpha value is -3.05. The molecule has 10 heteroatoms. The maximum absolute atomic E-state index is 13.3. The fourth-order valence-electron chi connectivity index (χ4n) is 4.20. The minimum Gasteiger partial charge on any atom is -0.351 e. The molecule has 0 atom stereocenters. The first kappa shape index (κ1) is 27.0. The van der Waals surface area contributed by atoms with Crippen molar-refractivity contribution in [3.05, 3.63) is 96.1 Å². The Labute approximate surface area is 219 Å². The van der Waals surface area contributed by atoms with Gasteiger partial charge in [-0.05, 0) is 48.2 Å². The van der Waals surface area contributed by atoms with Gasteiger partial charge in [0.05, 0.1) is 16.3 Å². The summed E-state index contributed by atoms with van der Waals surface area (Å²) in [6.07, 6.45) is 2.77. The average molecular weight is 542 g/mol. The van der Waals surface area contributed by atoms with E-state index in [1.54, 1.807) is 42.5 Å². The van der Waals surface area contributed by atoms with Crippen LogP contribution in [-0.2, 0) is 37.9 Å². The van der Waals surface area contributed by atoms with E-state index in [0.29, 0.717) is 18.7 Å². The fourth-order valence-corrected chi connectivity index (χ4v) is 7.13. The molecule has 0 saturated carbocycles. The molecule has 1 aliphatic rings. The third-order valence-corrected chi connectivity index (χ3v) is 9.99. The first-order valence-corrected chi connectivity index (χ1v) is 15.1. The van der Waals surface area contributed by atoms with Crippen LogP contribution >= 0.6 is 0 Å². The van der Waals surface area contributed by atoms with E-state index in [0.717, 1.165) is 29.1 Å². The first-order chi connectivity index (χ1) is 17.8. The highest BCUT2D eigenvalue weighted by Gasteiger charge is 2.27. The molecule has 1 amide bonds. The zero-order chi connectivity index (χ0) is 26.3. The van der Waals surface area contributed by atoms with Crippen molar-refractivity contribution in [3.8, 4) is 0 Å². The molecular weight excluding hydrogens is 510 g/mol. The second kappa shape index (κ2) is 12.0. The summed E-state index contributed by atoms with van der Waals surface area (Å²) in [5.41, 5.74) is 1.48. The second-order valence-corrected chi connectivity index (χ2v) is 12.8. The number of piperidine rings is 1. The van der Waals surface area contributed by atoms with Crippen LogP contribution in [0.5, 0.6) is 0 Å². The van der Waals surface area contributed by atoms with Gasteiger partial charge >= 0.3 is 0 Å². The maximum atomic E-state index is 13.3. The number of carbonyl (C=O) groups excluding carboxylic acids is 1. The fraction of sp³-hybridized carbons (Fsp3) is 0.296. The van der Waals surface area contributed by atoms with Gasteiger partial charge in [-0.15, -0.1) is 0 Å². The molecule has 0 radical (unpaired) electrons.